The first kappa shape index (κ1) is 17.7. The Kier molecular flexibility index (Phi) is 5.68. The maximum atomic E-state index is 12.9. The molecule has 0 aliphatic rings. The maximum absolute atomic E-state index is 12.9. The fourth-order valence-corrected chi connectivity index (χ4v) is 2.22. The number of aromatic nitrogens is 2. The Morgan fingerprint density at radius 1 is 1.21 bits per heavy atom. The minimum absolute atomic E-state index is 0.114. The van der Waals surface area contributed by atoms with Crippen molar-refractivity contribution < 1.29 is 14.0 Å². The lowest BCUT2D eigenvalue weighted by Crippen LogP contribution is -2.39. The summed E-state index contributed by atoms with van der Waals surface area (Å²) in [6.45, 7) is 5.55. The number of rotatable bonds is 6. The Morgan fingerprint density at radius 2 is 1.88 bits per heavy atom. The average Bonchev–Trinajstić information content (AvgIpc) is 2.85. The molecule has 0 fully saturated rings. The summed E-state index contributed by atoms with van der Waals surface area (Å²) >= 11 is 0. The normalized spacial score (nSPS) is 11.8. The van der Waals surface area contributed by atoms with E-state index < -0.39 is 0 Å². The van der Waals surface area contributed by atoms with Gasteiger partial charge < -0.3 is 15.2 Å². The van der Waals surface area contributed by atoms with Gasteiger partial charge >= 0.3 is 0 Å². The van der Waals surface area contributed by atoms with Crippen molar-refractivity contribution >= 4 is 11.8 Å². The van der Waals surface area contributed by atoms with Crippen molar-refractivity contribution in [2.24, 2.45) is 0 Å². The fraction of sp³-hybridized carbons (Fsp3) is 0.353. The molecule has 1 heterocycles. The van der Waals surface area contributed by atoms with Gasteiger partial charge in [-0.15, -0.1) is 0 Å². The molecule has 128 valence electrons. The van der Waals surface area contributed by atoms with E-state index in [2.05, 4.69) is 15.6 Å². The number of benzene rings is 1. The van der Waals surface area contributed by atoms with E-state index in [-0.39, 0.29) is 36.8 Å². The summed E-state index contributed by atoms with van der Waals surface area (Å²) < 4.78 is 14.6. The molecule has 6 nitrogen and oxygen atoms in total. The lowest BCUT2D eigenvalue weighted by atomic mass is 10.1. The number of imidazole rings is 1. The summed E-state index contributed by atoms with van der Waals surface area (Å²) in [5.41, 5.74) is 2.58. The Labute approximate surface area is 140 Å². The van der Waals surface area contributed by atoms with Gasteiger partial charge in [0.25, 0.3) is 0 Å². The number of nitrogens with zero attached hydrogens (tertiary/aromatic N) is 2. The highest BCUT2D eigenvalue weighted by Crippen LogP contribution is 2.12. The highest BCUT2D eigenvalue weighted by molar-refractivity contribution is 5.84. The first-order chi connectivity index (χ1) is 11.4. The quantitative estimate of drug-likeness (QED) is 0.844. The van der Waals surface area contributed by atoms with E-state index in [0.29, 0.717) is 0 Å². The topological polar surface area (TPSA) is 76.0 Å². The third kappa shape index (κ3) is 4.65. The molecular weight excluding hydrogens is 311 g/mol. The molecule has 0 aliphatic carbocycles. The summed E-state index contributed by atoms with van der Waals surface area (Å²) in [5.74, 6) is -0.895. The minimum Gasteiger partial charge on any atom is -0.348 e. The second-order valence-electron chi connectivity index (χ2n) is 5.66. The van der Waals surface area contributed by atoms with Crippen LogP contribution in [0, 0.1) is 19.7 Å². The highest BCUT2D eigenvalue weighted by atomic mass is 19.1. The molecule has 0 bridgehead atoms. The molecule has 1 aromatic heterocycles. The van der Waals surface area contributed by atoms with Gasteiger partial charge in [-0.1, -0.05) is 12.1 Å². The molecule has 0 aliphatic heterocycles. The number of hydrogen-bond acceptors (Lipinski definition) is 3. The van der Waals surface area contributed by atoms with Crippen LogP contribution in [-0.4, -0.2) is 27.9 Å². The Balaban J connectivity index is 1.79. The van der Waals surface area contributed by atoms with Crippen LogP contribution in [0.2, 0.25) is 0 Å². The van der Waals surface area contributed by atoms with E-state index in [1.54, 1.807) is 30.0 Å². The zero-order chi connectivity index (χ0) is 17.7. The lowest BCUT2D eigenvalue weighted by Gasteiger charge is -2.15. The van der Waals surface area contributed by atoms with Crippen molar-refractivity contribution in [3.05, 3.63) is 53.4 Å². The van der Waals surface area contributed by atoms with E-state index in [9.17, 15) is 14.0 Å². The zero-order valence-corrected chi connectivity index (χ0v) is 14.0. The fourth-order valence-electron chi connectivity index (χ4n) is 2.22. The molecule has 2 N–H and O–H groups in total. The van der Waals surface area contributed by atoms with Gasteiger partial charge in [0.15, 0.2) is 0 Å². The van der Waals surface area contributed by atoms with E-state index in [1.165, 1.54) is 12.1 Å². The number of nitrogens with one attached hydrogen (secondary N) is 2. The first-order valence-electron chi connectivity index (χ1n) is 7.66. The number of carbonyl (C=O) groups excluding carboxylic acids is 2. The van der Waals surface area contributed by atoms with Crippen LogP contribution in [0.5, 0.6) is 0 Å². The minimum atomic E-state index is -0.324. The number of hydrogen-bond donors (Lipinski definition) is 2. The predicted molar refractivity (Wildman–Crippen MR) is 87.7 cm³/mol. The third-order valence-electron chi connectivity index (χ3n) is 3.85. The van der Waals surface area contributed by atoms with Gasteiger partial charge in [-0.05, 0) is 38.5 Å². The summed E-state index contributed by atoms with van der Waals surface area (Å²) in [5, 5.41) is 5.33. The predicted octanol–water partition coefficient (Wildman–Crippen LogP) is 1.63. The molecule has 1 atom stereocenters. The van der Waals surface area contributed by atoms with Gasteiger partial charge in [-0.3, -0.25) is 9.59 Å². The number of halogens is 1. The van der Waals surface area contributed by atoms with Crippen LogP contribution in [-0.2, 0) is 16.1 Å². The molecule has 0 saturated carbocycles. The van der Waals surface area contributed by atoms with Gasteiger partial charge in [0.05, 0.1) is 24.6 Å². The van der Waals surface area contributed by atoms with Gasteiger partial charge in [0, 0.05) is 5.69 Å². The third-order valence-corrected chi connectivity index (χ3v) is 3.85. The van der Waals surface area contributed by atoms with Crippen LogP contribution < -0.4 is 10.6 Å². The van der Waals surface area contributed by atoms with Crippen molar-refractivity contribution in [2.75, 3.05) is 6.54 Å². The standard InChI is InChI=1S/C17H21FN4O2/c1-11-13(3)22(10-20-11)9-17(24)19-8-16(23)21-12(2)14-4-6-15(18)7-5-14/h4-7,10,12H,8-9H2,1-3H3,(H,19,24)(H,21,23)/t12-/m0/s1. The van der Waals surface area contributed by atoms with Crippen LogP contribution in [0.4, 0.5) is 4.39 Å². The number of carbonyl (C=O) groups is 2. The van der Waals surface area contributed by atoms with Crippen molar-refractivity contribution in [1.82, 2.24) is 20.2 Å². The highest BCUT2D eigenvalue weighted by Gasteiger charge is 2.12. The van der Waals surface area contributed by atoms with Crippen LogP contribution in [0.15, 0.2) is 30.6 Å². The Morgan fingerprint density at radius 3 is 2.46 bits per heavy atom. The zero-order valence-electron chi connectivity index (χ0n) is 14.0. The van der Waals surface area contributed by atoms with Crippen LogP contribution >= 0.6 is 0 Å². The largest absolute Gasteiger partial charge is 0.348 e. The Bertz CT molecular complexity index is 725. The van der Waals surface area contributed by atoms with Gasteiger partial charge in [-0.25, -0.2) is 9.37 Å². The molecular formula is C17H21FN4O2. The molecule has 0 spiro atoms. The lowest BCUT2D eigenvalue weighted by molar-refractivity contribution is -0.126. The van der Waals surface area contributed by atoms with Crippen molar-refractivity contribution in [2.45, 2.75) is 33.4 Å². The Hall–Kier alpha value is -2.70. The van der Waals surface area contributed by atoms with E-state index >= 15 is 0 Å². The number of amides is 2. The van der Waals surface area contributed by atoms with E-state index in [4.69, 9.17) is 0 Å². The molecule has 7 heteroatoms. The van der Waals surface area contributed by atoms with Crippen LogP contribution in [0.1, 0.15) is 29.9 Å². The molecule has 2 rings (SSSR count). The molecule has 0 saturated heterocycles. The van der Waals surface area contributed by atoms with Gasteiger partial charge in [0.2, 0.25) is 11.8 Å². The van der Waals surface area contributed by atoms with Gasteiger partial charge in [0.1, 0.15) is 12.4 Å². The maximum Gasteiger partial charge on any atom is 0.240 e. The smallest absolute Gasteiger partial charge is 0.240 e. The molecule has 24 heavy (non-hydrogen) atoms. The van der Waals surface area contributed by atoms with Crippen molar-refractivity contribution in [1.29, 1.82) is 0 Å². The first-order valence-corrected chi connectivity index (χ1v) is 7.66. The number of aryl methyl sites for hydroxylation is 1. The summed E-state index contributed by atoms with van der Waals surface area (Å²) in [6, 6.07) is 5.64. The van der Waals surface area contributed by atoms with Crippen molar-refractivity contribution in [3.63, 3.8) is 0 Å². The molecule has 0 radical (unpaired) electrons. The summed E-state index contributed by atoms with van der Waals surface area (Å²) in [7, 11) is 0. The molecule has 2 aromatic rings. The second-order valence-corrected chi connectivity index (χ2v) is 5.66. The average molecular weight is 332 g/mol. The van der Waals surface area contributed by atoms with Crippen LogP contribution in [0.25, 0.3) is 0 Å². The molecule has 1 aromatic carbocycles. The van der Waals surface area contributed by atoms with Crippen molar-refractivity contribution in [3.8, 4) is 0 Å². The van der Waals surface area contributed by atoms with E-state index in [0.717, 1.165) is 17.0 Å². The molecule has 2 amide bonds. The summed E-state index contributed by atoms with van der Waals surface area (Å²) in [6.07, 6.45) is 1.60. The second kappa shape index (κ2) is 7.72. The SMILES string of the molecule is Cc1ncn(CC(=O)NCC(=O)N[C@@H](C)c2ccc(F)cc2)c1C. The van der Waals surface area contributed by atoms with Crippen LogP contribution in [0.3, 0.4) is 0 Å². The molecule has 0 unspecified atom stereocenters. The van der Waals surface area contributed by atoms with E-state index in [1.807, 2.05) is 13.8 Å². The monoisotopic (exact) mass is 332 g/mol. The van der Waals surface area contributed by atoms with Gasteiger partial charge in [-0.2, -0.15) is 0 Å². The summed E-state index contributed by atoms with van der Waals surface area (Å²) in [4.78, 5) is 27.9.